The lowest BCUT2D eigenvalue weighted by Gasteiger charge is -2.06. The molecule has 7 heteroatoms. The molecule has 0 aliphatic rings. The number of nitrogens with zero attached hydrogens (tertiary/aromatic N) is 1. The van der Waals surface area contributed by atoms with Gasteiger partial charge in [0.1, 0.15) is 5.82 Å². The monoisotopic (exact) mass is 314 g/mol. The van der Waals surface area contributed by atoms with Crippen LogP contribution in [0.5, 0.6) is 5.75 Å². The number of nitro groups is 1. The van der Waals surface area contributed by atoms with Crippen LogP contribution < -0.4 is 4.74 Å². The summed E-state index contributed by atoms with van der Waals surface area (Å²) in [4.78, 5) is 25.4. The molecule has 23 heavy (non-hydrogen) atoms. The van der Waals surface area contributed by atoms with Crippen LogP contribution >= 0.6 is 0 Å². The number of aromatic nitrogens is 1. The van der Waals surface area contributed by atoms with Crippen molar-refractivity contribution in [1.29, 1.82) is 0 Å². The lowest BCUT2D eigenvalue weighted by molar-refractivity contribution is -0.385. The number of rotatable bonds is 5. The SMILES string of the molecule is O=C(COc1cc(F)ccc1[N+](=O)[O-])c1c[nH]c2ccccc12. The maximum Gasteiger partial charge on any atom is 0.311 e. The number of H-pyrrole nitrogens is 1. The van der Waals surface area contributed by atoms with Gasteiger partial charge in [0, 0.05) is 34.8 Å². The first-order valence-corrected chi connectivity index (χ1v) is 6.72. The Bertz CT molecular complexity index is 904. The third-order valence-corrected chi connectivity index (χ3v) is 3.37. The van der Waals surface area contributed by atoms with Crippen LogP contribution in [0.3, 0.4) is 0 Å². The van der Waals surface area contributed by atoms with Gasteiger partial charge in [0.2, 0.25) is 5.78 Å². The predicted molar refractivity (Wildman–Crippen MR) is 81.2 cm³/mol. The first-order chi connectivity index (χ1) is 11.1. The molecule has 116 valence electrons. The minimum atomic E-state index is -0.690. The second kappa shape index (κ2) is 5.88. The Morgan fingerprint density at radius 2 is 2.04 bits per heavy atom. The maximum atomic E-state index is 13.2. The molecule has 0 amide bonds. The summed E-state index contributed by atoms with van der Waals surface area (Å²) in [5.41, 5.74) is 0.824. The van der Waals surface area contributed by atoms with E-state index in [1.807, 2.05) is 12.1 Å². The lowest BCUT2D eigenvalue weighted by atomic mass is 10.1. The molecule has 1 aromatic heterocycles. The fourth-order valence-corrected chi connectivity index (χ4v) is 2.28. The van der Waals surface area contributed by atoms with E-state index < -0.39 is 23.0 Å². The molecule has 0 aliphatic heterocycles. The van der Waals surface area contributed by atoms with E-state index in [4.69, 9.17) is 4.74 Å². The molecule has 6 nitrogen and oxygen atoms in total. The molecule has 2 aromatic carbocycles. The summed E-state index contributed by atoms with van der Waals surface area (Å²) in [6.07, 6.45) is 1.55. The highest BCUT2D eigenvalue weighted by molar-refractivity contribution is 6.08. The van der Waals surface area contributed by atoms with E-state index in [0.717, 1.165) is 29.1 Å². The molecule has 0 fully saturated rings. The van der Waals surface area contributed by atoms with Crippen LogP contribution in [0.4, 0.5) is 10.1 Å². The number of hydrogen-bond donors (Lipinski definition) is 1. The van der Waals surface area contributed by atoms with Gasteiger partial charge >= 0.3 is 5.69 Å². The first kappa shape index (κ1) is 14.7. The molecule has 1 heterocycles. The van der Waals surface area contributed by atoms with Crippen molar-refractivity contribution < 1.29 is 18.8 Å². The Labute approximate surface area is 129 Å². The van der Waals surface area contributed by atoms with Crippen molar-refractivity contribution in [2.75, 3.05) is 6.61 Å². The highest BCUT2D eigenvalue weighted by atomic mass is 19.1. The number of nitrogens with one attached hydrogen (secondary N) is 1. The zero-order valence-electron chi connectivity index (χ0n) is 11.8. The van der Waals surface area contributed by atoms with E-state index in [9.17, 15) is 19.3 Å². The number of ether oxygens (including phenoxy) is 1. The van der Waals surface area contributed by atoms with Gasteiger partial charge in [-0.2, -0.15) is 0 Å². The molecular formula is C16H11FN2O4. The highest BCUT2D eigenvalue weighted by Crippen LogP contribution is 2.28. The lowest BCUT2D eigenvalue weighted by Crippen LogP contribution is -2.12. The molecule has 0 saturated heterocycles. The molecule has 3 aromatic rings. The second-order valence-corrected chi connectivity index (χ2v) is 4.83. The summed E-state index contributed by atoms with van der Waals surface area (Å²) in [5, 5.41) is 11.6. The van der Waals surface area contributed by atoms with Crippen molar-refractivity contribution in [2.24, 2.45) is 0 Å². The Kier molecular flexibility index (Phi) is 3.76. The van der Waals surface area contributed by atoms with Crippen molar-refractivity contribution >= 4 is 22.4 Å². The smallest absolute Gasteiger partial charge is 0.311 e. The van der Waals surface area contributed by atoms with Crippen molar-refractivity contribution in [1.82, 2.24) is 4.98 Å². The largest absolute Gasteiger partial charge is 0.478 e. The Morgan fingerprint density at radius 3 is 2.83 bits per heavy atom. The van der Waals surface area contributed by atoms with E-state index in [0.29, 0.717) is 5.56 Å². The van der Waals surface area contributed by atoms with Crippen LogP contribution in [-0.4, -0.2) is 22.3 Å². The topological polar surface area (TPSA) is 85.2 Å². The average Bonchev–Trinajstić information content (AvgIpc) is 2.96. The number of carbonyl (C=O) groups excluding carboxylic acids is 1. The zero-order chi connectivity index (χ0) is 16.4. The number of aromatic amines is 1. The molecule has 0 spiro atoms. The number of fused-ring (bicyclic) bond motifs is 1. The number of nitro benzene ring substituents is 1. The molecule has 1 N–H and O–H groups in total. The second-order valence-electron chi connectivity index (χ2n) is 4.83. The van der Waals surface area contributed by atoms with E-state index in [1.54, 1.807) is 18.3 Å². The van der Waals surface area contributed by atoms with E-state index in [-0.39, 0.29) is 11.5 Å². The molecule has 0 aliphatic carbocycles. The van der Waals surface area contributed by atoms with Crippen LogP contribution in [0, 0.1) is 15.9 Å². The van der Waals surface area contributed by atoms with Gasteiger partial charge in [-0.3, -0.25) is 14.9 Å². The minimum Gasteiger partial charge on any atom is -0.478 e. The molecule has 0 atom stereocenters. The molecule has 0 bridgehead atoms. The van der Waals surface area contributed by atoms with Gasteiger partial charge in [0.15, 0.2) is 12.4 Å². The predicted octanol–water partition coefficient (Wildman–Crippen LogP) is 3.48. The van der Waals surface area contributed by atoms with Gasteiger partial charge in [-0.25, -0.2) is 4.39 Å². The van der Waals surface area contributed by atoms with Crippen LogP contribution in [0.25, 0.3) is 10.9 Å². The van der Waals surface area contributed by atoms with Crippen LogP contribution in [-0.2, 0) is 0 Å². The van der Waals surface area contributed by atoms with Crippen molar-refractivity contribution in [3.05, 3.63) is 70.2 Å². The van der Waals surface area contributed by atoms with Gasteiger partial charge in [-0.1, -0.05) is 18.2 Å². The summed E-state index contributed by atoms with van der Waals surface area (Å²) < 4.78 is 18.4. The van der Waals surface area contributed by atoms with Gasteiger partial charge in [0.05, 0.1) is 4.92 Å². The standard InChI is InChI=1S/C16H11FN2O4/c17-10-5-6-14(19(21)22)16(7-10)23-9-15(20)12-8-18-13-4-2-1-3-11(12)13/h1-8,18H,9H2. The minimum absolute atomic E-state index is 0.275. The summed E-state index contributed by atoms with van der Waals surface area (Å²) in [6.45, 7) is -0.424. The number of hydrogen-bond acceptors (Lipinski definition) is 4. The highest BCUT2D eigenvalue weighted by Gasteiger charge is 2.18. The summed E-state index contributed by atoms with van der Waals surface area (Å²) in [6, 6.07) is 10.1. The van der Waals surface area contributed by atoms with Gasteiger partial charge in [-0.05, 0) is 12.1 Å². The van der Waals surface area contributed by atoms with Crippen LogP contribution in [0.1, 0.15) is 10.4 Å². The fraction of sp³-hybridized carbons (Fsp3) is 0.0625. The third kappa shape index (κ3) is 2.89. The van der Waals surface area contributed by atoms with E-state index >= 15 is 0 Å². The van der Waals surface area contributed by atoms with Gasteiger partial charge < -0.3 is 9.72 Å². The van der Waals surface area contributed by atoms with Crippen molar-refractivity contribution in [3.8, 4) is 5.75 Å². The molecule has 0 radical (unpaired) electrons. The van der Waals surface area contributed by atoms with Crippen molar-refractivity contribution in [3.63, 3.8) is 0 Å². The normalized spacial score (nSPS) is 10.7. The summed E-state index contributed by atoms with van der Waals surface area (Å²) in [7, 11) is 0. The number of para-hydroxylation sites is 1. The Hall–Kier alpha value is -3.22. The Morgan fingerprint density at radius 1 is 1.26 bits per heavy atom. The van der Waals surface area contributed by atoms with Crippen LogP contribution in [0.15, 0.2) is 48.7 Å². The summed E-state index contributed by atoms with van der Waals surface area (Å²) >= 11 is 0. The fourth-order valence-electron chi connectivity index (χ4n) is 2.28. The number of Topliss-reactive ketones (excluding diaryl/α,β-unsaturated/α-hetero) is 1. The quantitative estimate of drug-likeness (QED) is 0.444. The zero-order valence-corrected chi connectivity index (χ0v) is 11.8. The number of carbonyl (C=O) groups is 1. The van der Waals surface area contributed by atoms with E-state index in [2.05, 4.69) is 4.98 Å². The first-order valence-electron chi connectivity index (χ1n) is 6.72. The number of halogens is 1. The molecule has 3 rings (SSSR count). The van der Waals surface area contributed by atoms with Gasteiger partial charge in [0.25, 0.3) is 0 Å². The Balaban J connectivity index is 1.82. The van der Waals surface area contributed by atoms with E-state index in [1.165, 1.54) is 0 Å². The molecule has 0 unspecified atom stereocenters. The third-order valence-electron chi connectivity index (χ3n) is 3.37. The average molecular weight is 314 g/mol. The molecular weight excluding hydrogens is 303 g/mol. The van der Waals surface area contributed by atoms with Crippen molar-refractivity contribution in [2.45, 2.75) is 0 Å². The number of ketones is 1. The summed E-state index contributed by atoms with van der Waals surface area (Å²) in [5.74, 6) is -1.31. The molecule has 0 saturated carbocycles. The number of benzene rings is 2. The maximum absolute atomic E-state index is 13.2. The van der Waals surface area contributed by atoms with Gasteiger partial charge in [-0.15, -0.1) is 0 Å². The van der Waals surface area contributed by atoms with Crippen LogP contribution in [0.2, 0.25) is 0 Å².